The number of aliphatic hydroxyl groups is 1. The highest BCUT2D eigenvalue weighted by Gasteiger charge is 2.51. The van der Waals surface area contributed by atoms with E-state index in [9.17, 15) is 19.5 Å². The summed E-state index contributed by atoms with van der Waals surface area (Å²) in [7, 11) is 13.2. The zero-order valence-corrected chi connectivity index (χ0v) is 32.3. The van der Waals surface area contributed by atoms with Gasteiger partial charge in [-0.3, -0.25) is 14.4 Å². The van der Waals surface area contributed by atoms with E-state index in [1.807, 2.05) is 70.8 Å². The topological polar surface area (TPSA) is 121 Å². The summed E-state index contributed by atoms with van der Waals surface area (Å²) in [4.78, 5) is 48.2. The van der Waals surface area contributed by atoms with Crippen molar-refractivity contribution in [2.24, 2.45) is 23.2 Å². The molecule has 280 valence electrons. The molecular formula is C36H68N4O8. The summed E-state index contributed by atoms with van der Waals surface area (Å²) in [5.41, 5.74) is -2.41. The summed E-state index contributed by atoms with van der Waals surface area (Å²) >= 11 is 0. The predicted molar refractivity (Wildman–Crippen MR) is 186 cm³/mol. The number of aliphatic hydroxyl groups excluding tert-OH is 1. The van der Waals surface area contributed by atoms with E-state index >= 15 is 0 Å². The quantitative estimate of drug-likeness (QED) is 0.170. The van der Waals surface area contributed by atoms with Crippen molar-refractivity contribution in [2.75, 3.05) is 82.2 Å². The highest BCUT2D eigenvalue weighted by molar-refractivity contribution is 6.04. The van der Waals surface area contributed by atoms with Gasteiger partial charge in [-0.25, -0.2) is 0 Å². The third-order valence-electron chi connectivity index (χ3n) is 10.1. The zero-order chi connectivity index (χ0) is 36.6. The molecule has 48 heavy (non-hydrogen) atoms. The van der Waals surface area contributed by atoms with E-state index in [0.29, 0.717) is 32.4 Å². The molecule has 0 saturated carbocycles. The molecule has 2 heterocycles. The maximum Gasteiger partial charge on any atom is 0.319 e. The number of ketones is 1. The molecule has 0 aromatic carbocycles. The summed E-state index contributed by atoms with van der Waals surface area (Å²) in [5, 5.41) is 11.3. The van der Waals surface area contributed by atoms with Crippen LogP contribution in [0.1, 0.15) is 73.6 Å². The number of carbonyl (C=O) groups excluding carboxylic acids is 3. The van der Waals surface area contributed by atoms with Crippen LogP contribution in [0.4, 0.5) is 0 Å². The molecule has 0 aromatic rings. The number of hydrogen-bond donors (Lipinski definition) is 1. The maximum absolute atomic E-state index is 14.3. The van der Waals surface area contributed by atoms with E-state index in [0.717, 1.165) is 25.9 Å². The molecule has 1 N–H and O–H groups in total. The summed E-state index contributed by atoms with van der Waals surface area (Å²) in [6.07, 6.45) is 0.753. The van der Waals surface area contributed by atoms with Gasteiger partial charge in [-0.2, -0.15) is 0 Å². The number of rotatable bonds is 18. The molecule has 0 spiro atoms. The maximum atomic E-state index is 14.3. The van der Waals surface area contributed by atoms with Crippen LogP contribution in [-0.2, 0) is 33.3 Å². The lowest BCUT2D eigenvalue weighted by Crippen LogP contribution is -2.59. The Hall–Kier alpha value is -1.67. The van der Waals surface area contributed by atoms with Crippen LogP contribution in [0.25, 0.3) is 0 Å². The second-order valence-corrected chi connectivity index (χ2v) is 16.0. The molecule has 0 aromatic heterocycles. The van der Waals surface area contributed by atoms with E-state index in [2.05, 4.69) is 11.8 Å². The van der Waals surface area contributed by atoms with Gasteiger partial charge in [-0.15, -0.1) is 0 Å². The second-order valence-electron chi connectivity index (χ2n) is 16.0. The van der Waals surface area contributed by atoms with Crippen LogP contribution in [0.15, 0.2) is 0 Å². The largest absolute Gasteiger partial charge is 0.465 e. The Morgan fingerprint density at radius 2 is 1.69 bits per heavy atom. The number of esters is 1. The lowest BCUT2D eigenvalue weighted by atomic mass is 9.74. The van der Waals surface area contributed by atoms with Crippen molar-refractivity contribution in [3.8, 4) is 0 Å². The predicted octanol–water partition coefficient (Wildman–Crippen LogP) is 2.76. The van der Waals surface area contributed by atoms with Crippen LogP contribution in [0.5, 0.6) is 0 Å². The fourth-order valence-corrected chi connectivity index (χ4v) is 7.49. The standard InChI is InChI=1S/C36H68N4O8/c1-24(21-37(7)8)20-36(6,45-13)32(48-33-30(42)28(39(11)12)19-25(2)47-33)26(3)31(43)35(4,5)34(44)46-18-16-27-15-14-17-40(22-27)29(41)23-38(9)10/h24-28,30,32-33,42H,14-23H2,1-13H3/t24-,25-,26+,27-,28+,30-,32-,33+,36-/m1/s1. The van der Waals surface area contributed by atoms with Crippen molar-refractivity contribution in [3.63, 3.8) is 0 Å². The van der Waals surface area contributed by atoms with Crippen LogP contribution in [0.3, 0.4) is 0 Å². The monoisotopic (exact) mass is 685 g/mol. The number of hydrogen-bond acceptors (Lipinski definition) is 11. The van der Waals surface area contributed by atoms with Gasteiger partial charge in [0, 0.05) is 38.7 Å². The van der Waals surface area contributed by atoms with Gasteiger partial charge < -0.3 is 43.7 Å². The van der Waals surface area contributed by atoms with Crippen molar-refractivity contribution in [2.45, 2.75) is 110 Å². The highest BCUT2D eigenvalue weighted by atomic mass is 16.7. The molecule has 0 radical (unpaired) electrons. The summed E-state index contributed by atoms with van der Waals surface area (Å²) in [6.45, 7) is 13.7. The van der Waals surface area contributed by atoms with Gasteiger partial charge in [0.1, 0.15) is 11.5 Å². The number of carbonyl (C=O) groups is 3. The normalized spacial score (nSPS) is 27.1. The Balaban J connectivity index is 2.23. The third kappa shape index (κ3) is 11.7. The number of nitrogens with zero attached hydrogens (tertiary/aromatic N) is 4. The van der Waals surface area contributed by atoms with E-state index < -0.39 is 41.4 Å². The summed E-state index contributed by atoms with van der Waals surface area (Å²) < 4.78 is 24.7. The first-order valence-electron chi connectivity index (χ1n) is 17.7. The van der Waals surface area contributed by atoms with E-state index in [-0.39, 0.29) is 42.3 Å². The zero-order valence-electron chi connectivity index (χ0n) is 32.3. The Bertz CT molecular complexity index is 1040. The van der Waals surface area contributed by atoms with E-state index in [4.69, 9.17) is 18.9 Å². The molecule has 2 saturated heterocycles. The van der Waals surface area contributed by atoms with Gasteiger partial charge in [0.2, 0.25) is 5.91 Å². The van der Waals surface area contributed by atoms with Crippen LogP contribution >= 0.6 is 0 Å². The van der Waals surface area contributed by atoms with Crippen molar-refractivity contribution >= 4 is 17.7 Å². The number of piperidine rings is 1. The summed E-state index contributed by atoms with van der Waals surface area (Å²) in [6, 6.07) is -0.194. The fraction of sp³-hybridized carbons (Fsp3) is 0.917. The number of likely N-dealkylation sites (tertiary alicyclic amines) is 1. The molecule has 9 atom stereocenters. The Labute approximate surface area is 290 Å². The Morgan fingerprint density at radius 3 is 2.25 bits per heavy atom. The molecule has 0 aliphatic carbocycles. The molecule has 2 aliphatic rings. The smallest absolute Gasteiger partial charge is 0.319 e. The van der Waals surface area contributed by atoms with Crippen molar-refractivity contribution < 1.29 is 38.4 Å². The first-order chi connectivity index (χ1) is 22.2. The minimum atomic E-state index is -1.46. The van der Waals surface area contributed by atoms with Crippen molar-refractivity contribution in [3.05, 3.63) is 0 Å². The number of likely N-dealkylation sites (N-methyl/N-ethyl adjacent to an activating group) is 2. The third-order valence-corrected chi connectivity index (χ3v) is 10.1. The van der Waals surface area contributed by atoms with Gasteiger partial charge in [-0.05, 0) is 114 Å². The second kappa shape index (κ2) is 18.5. The minimum Gasteiger partial charge on any atom is -0.465 e. The number of ether oxygens (including phenoxy) is 4. The number of methoxy groups -OCH3 is 1. The van der Waals surface area contributed by atoms with Gasteiger partial charge in [0.15, 0.2) is 12.1 Å². The van der Waals surface area contributed by atoms with E-state index in [1.54, 1.807) is 27.9 Å². The van der Waals surface area contributed by atoms with Crippen LogP contribution in [-0.4, -0.2) is 161 Å². The molecule has 0 unspecified atom stereocenters. The van der Waals surface area contributed by atoms with Crippen LogP contribution in [0.2, 0.25) is 0 Å². The molecule has 2 aliphatic heterocycles. The molecular weight excluding hydrogens is 616 g/mol. The molecule has 2 fully saturated rings. The van der Waals surface area contributed by atoms with Crippen molar-refractivity contribution in [1.29, 1.82) is 0 Å². The van der Waals surface area contributed by atoms with Gasteiger partial charge >= 0.3 is 5.97 Å². The van der Waals surface area contributed by atoms with Gasteiger partial charge in [0.25, 0.3) is 0 Å². The fourth-order valence-electron chi connectivity index (χ4n) is 7.49. The molecule has 2 rings (SSSR count). The summed E-state index contributed by atoms with van der Waals surface area (Å²) in [5.74, 6) is -1.20. The minimum absolute atomic E-state index is 0.108. The first kappa shape index (κ1) is 42.5. The van der Waals surface area contributed by atoms with Crippen molar-refractivity contribution in [1.82, 2.24) is 19.6 Å². The Morgan fingerprint density at radius 1 is 1.04 bits per heavy atom. The molecule has 12 heteroatoms. The van der Waals surface area contributed by atoms with Gasteiger partial charge in [0.05, 0.1) is 31.0 Å². The lowest BCUT2D eigenvalue weighted by Gasteiger charge is -2.47. The molecule has 0 bridgehead atoms. The first-order valence-corrected chi connectivity index (χ1v) is 17.7. The van der Waals surface area contributed by atoms with Crippen LogP contribution in [0, 0.1) is 23.2 Å². The van der Waals surface area contributed by atoms with E-state index in [1.165, 1.54) is 0 Å². The highest BCUT2D eigenvalue weighted by Crippen LogP contribution is 2.38. The molecule has 12 nitrogen and oxygen atoms in total. The SMILES string of the molecule is CO[C@](C)(C[C@@H](C)CN(C)C)[C@H](O[C@@H]1O[C@H](C)C[C@H](N(C)C)[C@H]1O)[C@@H](C)C(=O)C(C)(C)C(=O)OCC[C@H]1CCCN(C(=O)CN(C)C)C1. The average molecular weight is 685 g/mol. The van der Waals surface area contributed by atoms with Gasteiger partial charge in [-0.1, -0.05) is 13.8 Å². The number of amides is 1. The lowest BCUT2D eigenvalue weighted by molar-refractivity contribution is -0.295. The average Bonchev–Trinajstić information content (AvgIpc) is 2.99. The Kier molecular flexibility index (Phi) is 16.4. The number of Topliss-reactive ketones (excluding diaryl/α,β-unsaturated/α-hetero) is 1. The van der Waals surface area contributed by atoms with Crippen LogP contribution < -0.4 is 0 Å². The molecule has 1 amide bonds.